The Morgan fingerprint density at radius 1 is 1.06 bits per heavy atom. The van der Waals surface area contributed by atoms with Gasteiger partial charge in [0, 0.05) is 0 Å². The molecule has 0 fully saturated rings. The summed E-state index contributed by atoms with van der Waals surface area (Å²) in [5.74, 6) is 0. The van der Waals surface area contributed by atoms with Crippen molar-refractivity contribution in [3.63, 3.8) is 0 Å². The fraction of sp³-hybridized carbons (Fsp3) is 1.00. The van der Waals surface area contributed by atoms with Crippen molar-refractivity contribution in [3.05, 3.63) is 0 Å². The molecule has 0 aromatic rings. The highest BCUT2D eigenvalue weighted by Crippen LogP contribution is 2.26. The summed E-state index contributed by atoms with van der Waals surface area (Å²) in [6.07, 6.45) is 3.20. The van der Waals surface area contributed by atoms with Crippen LogP contribution in [0.1, 0.15) is 51.9 Å². The molecule has 16 heavy (non-hydrogen) atoms. The van der Waals surface area contributed by atoms with Crippen molar-refractivity contribution in [1.29, 1.82) is 0 Å². The summed E-state index contributed by atoms with van der Waals surface area (Å²) in [5, 5.41) is 0. The highest BCUT2D eigenvalue weighted by atomic mass is 35.5. The summed E-state index contributed by atoms with van der Waals surface area (Å²) in [6, 6.07) is 0. The van der Waals surface area contributed by atoms with E-state index in [-0.39, 0.29) is 6.61 Å². The van der Waals surface area contributed by atoms with Gasteiger partial charge in [0.25, 0.3) is 5.63 Å². The largest absolute Gasteiger partial charge is 0.400 e. The first-order valence-electron chi connectivity index (χ1n) is 5.80. The van der Waals surface area contributed by atoms with Crippen molar-refractivity contribution < 1.29 is 17.9 Å². The Morgan fingerprint density at radius 2 is 1.56 bits per heavy atom. The van der Waals surface area contributed by atoms with Gasteiger partial charge in [0.2, 0.25) is 0 Å². The molecule has 5 heteroatoms. The van der Waals surface area contributed by atoms with Gasteiger partial charge in [-0.2, -0.15) is 8.78 Å². The Hall–Kier alpha value is 0.0400. The van der Waals surface area contributed by atoms with Crippen LogP contribution >= 0.6 is 11.6 Å². The molecule has 0 aliphatic rings. The smallest absolute Gasteiger partial charge is 0.317 e. The van der Waals surface area contributed by atoms with Gasteiger partial charge in [-0.15, -0.1) is 0 Å². The predicted octanol–water partition coefficient (Wildman–Crippen LogP) is 4.88. The summed E-state index contributed by atoms with van der Waals surface area (Å²) in [7, 11) is 0. The lowest BCUT2D eigenvalue weighted by Crippen LogP contribution is -2.29. The van der Waals surface area contributed by atoms with Gasteiger partial charge < -0.3 is 4.74 Å². The first kappa shape index (κ1) is 16.0. The molecule has 0 rings (SSSR count). The van der Waals surface area contributed by atoms with Crippen LogP contribution in [0, 0.1) is 0 Å². The first-order valence-corrected chi connectivity index (χ1v) is 6.24. The Bertz CT molecular complexity index is 165. The number of alkyl halides is 4. The van der Waals surface area contributed by atoms with E-state index in [4.69, 9.17) is 0 Å². The van der Waals surface area contributed by atoms with Gasteiger partial charge in [-0.3, -0.25) is 0 Å². The molecule has 98 valence electrons. The number of hydrogen-bond donors (Lipinski definition) is 0. The minimum absolute atomic E-state index is 0.145. The van der Waals surface area contributed by atoms with Crippen LogP contribution < -0.4 is 0 Å². The van der Waals surface area contributed by atoms with E-state index in [0.717, 1.165) is 19.3 Å². The normalized spacial score (nSPS) is 14.1. The van der Waals surface area contributed by atoms with Crippen LogP contribution in [0.25, 0.3) is 0 Å². The molecule has 0 radical (unpaired) electrons. The van der Waals surface area contributed by atoms with E-state index in [1.807, 2.05) is 0 Å². The molecule has 0 aromatic heterocycles. The second-order valence-electron chi connectivity index (χ2n) is 3.83. The molecule has 1 unspecified atom stereocenters. The van der Waals surface area contributed by atoms with Gasteiger partial charge >= 0.3 is 6.11 Å². The van der Waals surface area contributed by atoms with Crippen molar-refractivity contribution in [3.8, 4) is 0 Å². The maximum atomic E-state index is 12.5. The van der Waals surface area contributed by atoms with Gasteiger partial charge in [-0.05, 0) is 6.42 Å². The number of rotatable bonds is 10. The number of halogens is 4. The molecule has 1 nitrogen and oxygen atoms in total. The monoisotopic (exact) mass is 260 g/mol. The van der Waals surface area contributed by atoms with Gasteiger partial charge in [-0.1, -0.05) is 57.0 Å². The summed E-state index contributed by atoms with van der Waals surface area (Å²) < 4.78 is 41.1. The average molecular weight is 261 g/mol. The standard InChI is InChI=1S/C11H20ClF3O/c1-2-3-4-5-6-7-8-9-16-11(14,15)10(12)13/h10H,2-9H2,1H3. The predicted molar refractivity (Wildman–Crippen MR) is 59.6 cm³/mol. The lowest BCUT2D eigenvalue weighted by atomic mass is 10.1. The highest BCUT2D eigenvalue weighted by Gasteiger charge is 2.40. The quantitative estimate of drug-likeness (QED) is 0.402. The molecule has 0 spiro atoms. The topological polar surface area (TPSA) is 9.23 Å². The van der Waals surface area contributed by atoms with E-state index in [1.165, 1.54) is 19.3 Å². The Morgan fingerprint density at radius 3 is 2.06 bits per heavy atom. The zero-order valence-corrected chi connectivity index (χ0v) is 10.4. The van der Waals surface area contributed by atoms with Crippen LogP contribution in [0.4, 0.5) is 13.2 Å². The van der Waals surface area contributed by atoms with E-state index >= 15 is 0 Å². The average Bonchev–Trinajstić information content (AvgIpc) is 2.21. The van der Waals surface area contributed by atoms with Crippen molar-refractivity contribution in [2.75, 3.05) is 6.61 Å². The maximum absolute atomic E-state index is 12.5. The maximum Gasteiger partial charge on any atom is 0.400 e. The van der Waals surface area contributed by atoms with Gasteiger partial charge in [0.1, 0.15) is 0 Å². The van der Waals surface area contributed by atoms with Gasteiger partial charge in [-0.25, -0.2) is 4.39 Å². The van der Waals surface area contributed by atoms with E-state index < -0.39 is 11.7 Å². The Kier molecular flexibility index (Phi) is 9.13. The molecule has 1 atom stereocenters. The first-order chi connectivity index (χ1) is 7.50. The minimum Gasteiger partial charge on any atom is -0.317 e. The van der Waals surface area contributed by atoms with Gasteiger partial charge in [0.15, 0.2) is 0 Å². The molecule has 0 saturated carbocycles. The SMILES string of the molecule is CCCCCCCCCOC(F)(F)C(F)Cl. The molecule has 0 heterocycles. The molecule has 0 amide bonds. The highest BCUT2D eigenvalue weighted by molar-refractivity contribution is 6.20. The van der Waals surface area contributed by atoms with Crippen LogP contribution in [0.15, 0.2) is 0 Å². The van der Waals surface area contributed by atoms with Crippen molar-refractivity contribution in [1.82, 2.24) is 0 Å². The fourth-order valence-corrected chi connectivity index (χ4v) is 1.39. The zero-order chi connectivity index (χ0) is 12.4. The van der Waals surface area contributed by atoms with Crippen LogP contribution in [0.5, 0.6) is 0 Å². The third-order valence-corrected chi connectivity index (χ3v) is 2.55. The Balaban J connectivity index is 3.27. The van der Waals surface area contributed by atoms with Crippen LogP contribution in [0.3, 0.4) is 0 Å². The summed E-state index contributed by atoms with van der Waals surface area (Å²) in [4.78, 5) is 0. The number of hydrogen-bond acceptors (Lipinski definition) is 1. The van der Waals surface area contributed by atoms with Crippen molar-refractivity contribution in [2.24, 2.45) is 0 Å². The van der Waals surface area contributed by atoms with Crippen LogP contribution in [0.2, 0.25) is 0 Å². The Labute approximate surface area is 100 Å². The third-order valence-electron chi connectivity index (χ3n) is 2.30. The molecular weight excluding hydrogens is 241 g/mol. The molecule has 0 aliphatic heterocycles. The van der Waals surface area contributed by atoms with E-state index in [0.29, 0.717) is 6.42 Å². The van der Waals surface area contributed by atoms with Crippen LogP contribution in [-0.2, 0) is 4.74 Å². The molecule has 0 aromatic carbocycles. The van der Waals surface area contributed by atoms with E-state index in [9.17, 15) is 13.2 Å². The molecule has 0 saturated heterocycles. The summed E-state index contributed by atoms with van der Waals surface area (Å²) in [5.41, 5.74) is -2.77. The zero-order valence-electron chi connectivity index (χ0n) is 9.65. The molecule has 0 aliphatic carbocycles. The van der Waals surface area contributed by atoms with Crippen LogP contribution in [-0.4, -0.2) is 18.3 Å². The minimum atomic E-state index is -3.86. The summed E-state index contributed by atoms with van der Waals surface area (Å²) in [6.45, 7) is 1.99. The number of unbranched alkanes of at least 4 members (excludes halogenated alkanes) is 6. The van der Waals surface area contributed by atoms with Crippen molar-refractivity contribution in [2.45, 2.75) is 63.6 Å². The van der Waals surface area contributed by atoms with E-state index in [2.05, 4.69) is 23.3 Å². The van der Waals surface area contributed by atoms with Gasteiger partial charge in [0.05, 0.1) is 6.61 Å². The van der Waals surface area contributed by atoms with Crippen molar-refractivity contribution >= 4 is 11.6 Å². The lowest BCUT2D eigenvalue weighted by Gasteiger charge is -2.16. The summed E-state index contributed by atoms with van der Waals surface area (Å²) >= 11 is 4.63. The molecule has 0 bridgehead atoms. The molecule has 0 N–H and O–H groups in total. The lowest BCUT2D eigenvalue weighted by molar-refractivity contribution is -0.256. The fourth-order valence-electron chi connectivity index (χ4n) is 1.33. The molecular formula is C11H20ClF3O. The number of ether oxygens (including phenoxy) is 1. The second-order valence-corrected chi connectivity index (χ2v) is 4.22. The third kappa shape index (κ3) is 8.22. The van der Waals surface area contributed by atoms with E-state index in [1.54, 1.807) is 0 Å². The second kappa shape index (κ2) is 9.11.